The highest BCUT2D eigenvalue weighted by Crippen LogP contribution is 2.28. The lowest BCUT2D eigenvalue weighted by atomic mass is 10.2. The maximum Gasteiger partial charge on any atom is 0.234 e. The van der Waals surface area contributed by atoms with Gasteiger partial charge in [0, 0.05) is 16.3 Å². The Labute approximate surface area is 151 Å². The molecule has 0 spiro atoms. The van der Waals surface area contributed by atoms with Gasteiger partial charge in [0.25, 0.3) is 0 Å². The molecule has 0 radical (unpaired) electrons. The molecule has 0 aliphatic heterocycles. The minimum absolute atomic E-state index is 0.102. The Balaban J connectivity index is 1.89. The number of thioether (sulfide) groups is 1. The lowest BCUT2D eigenvalue weighted by Crippen LogP contribution is -2.15. The first-order valence-corrected chi connectivity index (χ1v) is 9.09. The predicted octanol–water partition coefficient (Wildman–Crippen LogP) is 4.62. The summed E-state index contributed by atoms with van der Waals surface area (Å²) < 4.78 is 10.8. The summed E-state index contributed by atoms with van der Waals surface area (Å²) in [7, 11) is 1.55. The molecule has 0 aliphatic rings. The molecule has 0 aliphatic carbocycles. The van der Waals surface area contributed by atoms with E-state index in [0.29, 0.717) is 34.6 Å². The van der Waals surface area contributed by atoms with Crippen LogP contribution in [0.15, 0.2) is 42.5 Å². The number of carbonyl (C=O) groups excluding carboxylic acids is 1. The number of amides is 1. The first kappa shape index (κ1) is 18.5. The van der Waals surface area contributed by atoms with Crippen LogP contribution in [-0.4, -0.2) is 25.4 Å². The number of halogens is 1. The first-order valence-electron chi connectivity index (χ1n) is 7.56. The van der Waals surface area contributed by atoms with Gasteiger partial charge in [0.05, 0.1) is 25.2 Å². The molecule has 128 valence electrons. The largest absolute Gasteiger partial charge is 0.495 e. The van der Waals surface area contributed by atoms with Gasteiger partial charge in [0.1, 0.15) is 11.5 Å². The SMILES string of the molecule is CCOc1ccccc1CSCC(=O)Nc1cc(Cl)ccc1OC. The number of hydrogen-bond donors (Lipinski definition) is 1. The number of hydrogen-bond acceptors (Lipinski definition) is 4. The number of para-hydroxylation sites is 1. The van der Waals surface area contributed by atoms with Crippen molar-refractivity contribution in [1.29, 1.82) is 0 Å². The van der Waals surface area contributed by atoms with Crippen LogP contribution in [0, 0.1) is 0 Å². The van der Waals surface area contributed by atoms with Crippen LogP contribution in [0.3, 0.4) is 0 Å². The third-order valence-corrected chi connectivity index (χ3v) is 4.42. The van der Waals surface area contributed by atoms with Gasteiger partial charge in [-0.25, -0.2) is 0 Å². The van der Waals surface area contributed by atoms with Crippen LogP contribution in [-0.2, 0) is 10.5 Å². The number of rotatable bonds is 8. The van der Waals surface area contributed by atoms with Gasteiger partial charge in [-0.15, -0.1) is 11.8 Å². The van der Waals surface area contributed by atoms with Crippen molar-refractivity contribution in [1.82, 2.24) is 0 Å². The fourth-order valence-electron chi connectivity index (χ4n) is 2.14. The number of nitrogens with one attached hydrogen (secondary N) is 1. The van der Waals surface area contributed by atoms with Gasteiger partial charge in [-0.1, -0.05) is 29.8 Å². The standard InChI is InChI=1S/C18H20ClNO3S/c1-3-23-16-7-5-4-6-13(16)11-24-12-18(21)20-15-10-14(19)8-9-17(15)22-2/h4-10H,3,11-12H2,1-2H3,(H,20,21). The Kier molecular flexibility index (Phi) is 7.28. The Bertz CT molecular complexity index is 694. The Morgan fingerprint density at radius 1 is 1.21 bits per heavy atom. The molecule has 0 aromatic heterocycles. The fourth-order valence-corrected chi connectivity index (χ4v) is 3.13. The van der Waals surface area contributed by atoms with Crippen LogP contribution < -0.4 is 14.8 Å². The molecule has 1 amide bonds. The Morgan fingerprint density at radius 3 is 2.75 bits per heavy atom. The van der Waals surface area contributed by atoms with Crippen LogP contribution in [0.5, 0.6) is 11.5 Å². The molecule has 2 aromatic rings. The summed E-state index contributed by atoms with van der Waals surface area (Å²) in [6, 6.07) is 13.0. The fraction of sp³-hybridized carbons (Fsp3) is 0.278. The number of anilines is 1. The van der Waals surface area contributed by atoms with E-state index in [1.807, 2.05) is 31.2 Å². The average molecular weight is 366 g/mol. The second-order valence-corrected chi connectivity index (χ2v) is 6.35. The molecule has 0 saturated heterocycles. The van der Waals surface area contributed by atoms with E-state index in [1.165, 1.54) is 11.8 Å². The smallest absolute Gasteiger partial charge is 0.234 e. The molecule has 0 heterocycles. The monoisotopic (exact) mass is 365 g/mol. The van der Waals surface area contributed by atoms with Crippen molar-refractivity contribution in [3.05, 3.63) is 53.1 Å². The third-order valence-electron chi connectivity index (χ3n) is 3.20. The lowest BCUT2D eigenvalue weighted by molar-refractivity contribution is -0.113. The molecule has 2 rings (SSSR count). The van der Waals surface area contributed by atoms with Crippen molar-refractivity contribution in [2.75, 3.05) is 24.8 Å². The molecule has 24 heavy (non-hydrogen) atoms. The van der Waals surface area contributed by atoms with Crippen LogP contribution in [0.2, 0.25) is 5.02 Å². The highest BCUT2D eigenvalue weighted by molar-refractivity contribution is 7.99. The van der Waals surface area contributed by atoms with Crippen molar-refractivity contribution >= 4 is 35.0 Å². The van der Waals surface area contributed by atoms with Gasteiger partial charge >= 0.3 is 0 Å². The van der Waals surface area contributed by atoms with Gasteiger partial charge in [-0.2, -0.15) is 0 Å². The van der Waals surface area contributed by atoms with Gasteiger partial charge < -0.3 is 14.8 Å². The summed E-state index contributed by atoms with van der Waals surface area (Å²) in [5.74, 6) is 2.38. The molecule has 6 heteroatoms. The number of benzene rings is 2. The van der Waals surface area contributed by atoms with Gasteiger partial charge in [-0.05, 0) is 31.2 Å². The quantitative estimate of drug-likeness (QED) is 0.741. The average Bonchev–Trinajstić information content (AvgIpc) is 2.57. The zero-order chi connectivity index (χ0) is 17.4. The van der Waals surface area contributed by atoms with E-state index < -0.39 is 0 Å². The van der Waals surface area contributed by atoms with Crippen molar-refractivity contribution in [2.24, 2.45) is 0 Å². The molecular formula is C18H20ClNO3S. The molecule has 4 nitrogen and oxygen atoms in total. The number of carbonyl (C=O) groups is 1. The van der Waals surface area contributed by atoms with Crippen LogP contribution >= 0.6 is 23.4 Å². The molecule has 0 saturated carbocycles. The van der Waals surface area contributed by atoms with Crippen molar-refractivity contribution in [3.8, 4) is 11.5 Å². The normalized spacial score (nSPS) is 10.3. The lowest BCUT2D eigenvalue weighted by Gasteiger charge is -2.11. The molecule has 0 unspecified atom stereocenters. The van der Waals surface area contributed by atoms with E-state index in [2.05, 4.69) is 5.32 Å². The second kappa shape index (κ2) is 9.45. The first-order chi connectivity index (χ1) is 11.6. The van der Waals surface area contributed by atoms with E-state index in [0.717, 1.165) is 11.3 Å². The van der Waals surface area contributed by atoms with E-state index in [1.54, 1.807) is 25.3 Å². The highest BCUT2D eigenvalue weighted by Gasteiger charge is 2.09. The molecule has 0 bridgehead atoms. The maximum absolute atomic E-state index is 12.1. The van der Waals surface area contributed by atoms with Crippen molar-refractivity contribution in [2.45, 2.75) is 12.7 Å². The summed E-state index contributed by atoms with van der Waals surface area (Å²) in [5, 5.41) is 3.37. The Hall–Kier alpha value is -1.85. The maximum atomic E-state index is 12.1. The zero-order valence-corrected chi connectivity index (χ0v) is 15.2. The van der Waals surface area contributed by atoms with Crippen LogP contribution in [0.4, 0.5) is 5.69 Å². The van der Waals surface area contributed by atoms with Crippen molar-refractivity contribution in [3.63, 3.8) is 0 Å². The number of ether oxygens (including phenoxy) is 2. The number of methoxy groups -OCH3 is 1. The molecule has 0 atom stereocenters. The van der Waals surface area contributed by atoms with Gasteiger partial charge in [0.2, 0.25) is 5.91 Å². The van der Waals surface area contributed by atoms with E-state index in [9.17, 15) is 4.79 Å². The van der Waals surface area contributed by atoms with E-state index in [4.69, 9.17) is 21.1 Å². The molecular weight excluding hydrogens is 346 g/mol. The van der Waals surface area contributed by atoms with Crippen LogP contribution in [0.25, 0.3) is 0 Å². The minimum atomic E-state index is -0.102. The van der Waals surface area contributed by atoms with Crippen molar-refractivity contribution < 1.29 is 14.3 Å². The predicted molar refractivity (Wildman–Crippen MR) is 100 cm³/mol. The topological polar surface area (TPSA) is 47.6 Å². The summed E-state index contributed by atoms with van der Waals surface area (Å²) in [4.78, 5) is 12.1. The molecule has 2 aromatic carbocycles. The van der Waals surface area contributed by atoms with E-state index in [-0.39, 0.29) is 5.91 Å². The third kappa shape index (κ3) is 5.35. The zero-order valence-electron chi connectivity index (χ0n) is 13.7. The van der Waals surface area contributed by atoms with Gasteiger partial charge in [0.15, 0.2) is 0 Å². The second-order valence-electron chi connectivity index (χ2n) is 4.93. The summed E-state index contributed by atoms with van der Waals surface area (Å²) >= 11 is 7.49. The Morgan fingerprint density at radius 2 is 2.00 bits per heavy atom. The summed E-state index contributed by atoms with van der Waals surface area (Å²) in [6.45, 7) is 2.58. The highest BCUT2D eigenvalue weighted by atomic mass is 35.5. The van der Waals surface area contributed by atoms with Crippen LogP contribution in [0.1, 0.15) is 12.5 Å². The molecule has 0 fully saturated rings. The minimum Gasteiger partial charge on any atom is -0.495 e. The molecule has 1 N–H and O–H groups in total. The summed E-state index contributed by atoms with van der Waals surface area (Å²) in [5.41, 5.74) is 1.66. The summed E-state index contributed by atoms with van der Waals surface area (Å²) in [6.07, 6.45) is 0. The van der Waals surface area contributed by atoms with E-state index >= 15 is 0 Å². The van der Waals surface area contributed by atoms with Gasteiger partial charge in [-0.3, -0.25) is 4.79 Å².